The van der Waals surface area contributed by atoms with Crippen LogP contribution >= 0.6 is 0 Å². The zero-order chi connectivity index (χ0) is 4.24. The second-order valence-corrected chi connectivity index (χ2v) is 1.08. The fraction of sp³-hybridized carbons (Fsp3) is 0. The second kappa shape index (κ2) is 4.19. The van der Waals surface area contributed by atoms with Gasteiger partial charge in [0.2, 0.25) is 0 Å². The molecule has 0 saturated heterocycles. The number of aromatic amines is 1. The average molecular weight is 259 g/mol. The SMILES string of the molecule is [Hf+4].c1cc[nH+]cc1. The van der Waals surface area contributed by atoms with Gasteiger partial charge < -0.3 is 0 Å². The van der Waals surface area contributed by atoms with Crippen molar-refractivity contribution in [1.82, 2.24) is 0 Å². The molecule has 7 heavy (non-hydrogen) atoms. The summed E-state index contributed by atoms with van der Waals surface area (Å²) in [4.78, 5) is 2.89. The molecule has 0 bridgehead atoms. The minimum atomic E-state index is 0. The van der Waals surface area contributed by atoms with E-state index in [4.69, 9.17) is 0 Å². The van der Waals surface area contributed by atoms with Crippen LogP contribution in [0.4, 0.5) is 0 Å². The largest absolute Gasteiger partial charge is 4.00 e. The van der Waals surface area contributed by atoms with Crippen LogP contribution in [0.25, 0.3) is 0 Å². The fourth-order valence-corrected chi connectivity index (χ4v) is 0.342. The predicted octanol–water partition coefficient (Wildman–Crippen LogP) is 0.498. The Hall–Kier alpha value is 0.0201. The van der Waals surface area contributed by atoms with E-state index in [9.17, 15) is 0 Å². The van der Waals surface area contributed by atoms with Gasteiger partial charge in [-0.3, -0.25) is 0 Å². The number of hydrogen-bond donors (Lipinski definition) is 0. The molecule has 0 aromatic carbocycles. The van der Waals surface area contributed by atoms with Crippen LogP contribution in [0, 0.1) is 0 Å². The van der Waals surface area contributed by atoms with Crippen LogP contribution in [0.1, 0.15) is 0 Å². The number of aromatic nitrogens is 1. The minimum absolute atomic E-state index is 0. The Labute approximate surface area is 61.6 Å². The number of rotatable bonds is 0. The van der Waals surface area contributed by atoms with Crippen LogP contribution in [-0.4, -0.2) is 0 Å². The van der Waals surface area contributed by atoms with Gasteiger partial charge in [-0.2, -0.15) is 0 Å². The van der Waals surface area contributed by atoms with Gasteiger partial charge in [0.05, 0.1) is 0 Å². The molecule has 0 aliphatic rings. The van der Waals surface area contributed by atoms with Crippen molar-refractivity contribution in [3.8, 4) is 0 Å². The van der Waals surface area contributed by atoms with Crippen LogP contribution in [0.15, 0.2) is 30.6 Å². The normalized spacial score (nSPS) is 6.86. The molecule has 0 spiro atoms. The molecule has 1 aromatic rings. The minimum Gasteiger partial charge on any atom is -0.218 e. The second-order valence-electron chi connectivity index (χ2n) is 1.08. The summed E-state index contributed by atoms with van der Waals surface area (Å²) in [6.45, 7) is 0. The van der Waals surface area contributed by atoms with Crippen molar-refractivity contribution in [2.24, 2.45) is 0 Å². The third-order valence-electron chi connectivity index (χ3n) is 0.607. The molecule has 0 fully saturated rings. The maximum Gasteiger partial charge on any atom is 4.00 e. The van der Waals surface area contributed by atoms with Crippen molar-refractivity contribution < 1.29 is 30.8 Å². The Kier molecular flexibility index (Phi) is 4.20. The van der Waals surface area contributed by atoms with Gasteiger partial charge in [0.25, 0.3) is 0 Å². The molecular weight excluding hydrogens is 253 g/mol. The van der Waals surface area contributed by atoms with E-state index in [0.29, 0.717) is 0 Å². The molecular formula is C5H6HfN+5. The summed E-state index contributed by atoms with van der Waals surface area (Å²) in [5.74, 6) is 0. The molecule has 1 nitrogen and oxygen atoms in total. The first-order chi connectivity index (χ1) is 3.00. The first-order valence-corrected chi connectivity index (χ1v) is 1.91. The molecule has 0 unspecified atom stereocenters. The summed E-state index contributed by atoms with van der Waals surface area (Å²) in [7, 11) is 0. The Morgan fingerprint density at radius 1 is 0.857 bits per heavy atom. The Morgan fingerprint density at radius 2 is 1.43 bits per heavy atom. The van der Waals surface area contributed by atoms with Crippen LogP contribution in [0.3, 0.4) is 0 Å². The topological polar surface area (TPSA) is 14.1 Å². The number of H-pyrrole nitrogens is 1. The van der Waals surface area contributed by atoms with Gasteiger partial charge in [-0.15, -0.1) is 0 Å². The van der Waals surface area contributed by atoms with E-state index >= 15 is 0 Å². The van der Waals surface area contributed by atoms with E-state index in [-0.39, 0.29) is 25.8 Å². The van der Waals surface area contributed by atoms with Gasteiger partial charge in [0.1, 0.15) is 0 Å². The van der Waals surface area contributed by atoms with Gasteiger partial charge in [-0.1, -0.05) is 6.07 Å². The zero-order valence-electron chi connectivity index (χ0n) is 3.89. The van der Waals surface area contributed by atoms with Gasteiger partial charge in [-0.25, -0.2) is 4.98 Å². The quantitative estimate of drug-likeness (QED) is 0.602. The summed E-state index contributed by atoms with van der Waals surface area (Å²) in [6, 6.07) is 5.86. The van der Waals surface area contributed by atoms with E-state index in [1.165, 1.54) is 0 Å². The summed E-state index contributed by atoms with van der Waals surface area (Å²) >= 11 is 0. The summed E-state index contributed by atoms with van der Waals surface area (Å²) < 4.78 is 0. The fourth-order valence-electron chi connectivity index (χ4n) is 0.342. The molecule has 1 rings (SSSR count). The van der Waals surface area contributed by atoms with Crippen molar-refractivity contribution in [1.29, 1.82) is 0 Å². The third-order valence-corrected chi connectivity index (χ3v) is 0.607. The predicted molar refractivity (Wildman–Crippen MR) is 23.0 cm³/mol. The average Bonchev–Trinajstić information content (AvgIpc) is 1.72. The van der Waals surface area contributed by atoms with Crippen molar-refractivity contribution in [2.75, 3.05) is 0 Å². The third kappa shape index (κ3) is 2.68. The van der Waals surface area contributed by atoms with Gasteiger partial charge in [0.15, 0.2) is 12.4 Å². The van der Waals surface area contributed by atoms with Crippen molar-refractivity contribution in [2.45, 2.75) is 0 Å². The Balaban J connectivity index is 0.000000360. The molecule has 30 valence electrons. The summed E-state index contributed by atoms with van der Waals surface area (Å²) in [6.07, 6.45) is 3.75. The summed E-state index contributed by atoms with van der Waals surface area (Å²) in [5.41, 5.74) is 0. The first kappa shape index (κ1) is 7.02. The van der Waals surface area contributed by atoms with Crippen LogP contribution in [0.2, 0.25) is 0 Å². The Morgan fingerprint density at radius 3 is 1.57 bits per heavy atom. The molecule has 1 N–H and O–H groups in total. The van der Waals surface area contributed by atoms with E-state index in [1.807, 2.05) is 30.6 Å². The molecule has 0 aliphatic heterocycles. The number of pyridine rings is 1. The molecule has 0 aliphatic carbocycles. The molecule has 0 radical (unpaired) electrons. The van der Waals surface area contributed by atoms with Crippen molar-refractivity contribution in [3.05, 3.63) is 30.6 Å². The van der Waals surface area contributed by atoms with E-state index in [0.717, 1.165) is 0 Å². The molecule has 0 amide bonds. The maximum atomic E-state index is 2.89. The molecule has 1 aromatic heterocycles. The van der Waals surface area contributed by atoms with E-state index in [2.05, 4.69) is 4.98 Å². The van der Waals surface area contributed by atoms with Crippen LogP contribution < -0.4 is 4.98 Å². The van der Waals surface area contributed by atoms with Gasteiger partial charge in [-0.05, 0) is 0 Å². The maximum absolute atomic E-state index is 2.89. The van der Waals surface area contributed by atoms with Crippen molar-refractivity contribution >= 4 is 0 Å². The van der Waals surface area contributed by atoms with Crippen LogP contribution in [-0.2, 0) is 25.8 Å². The van der Waals surface area contributed by atoms with Crippen molar-refractivity contribution in [3.63, 3.8) is 0 Å². The zero-order valence-corrected chi connectivity index (χ0v) is 7.48. The molecule has 0 atom stereocenters. The number of nitrogens with one attached hydrogen (secondary N) is 1. The standard InChI is InChI=1S/C5H5N.Hf/c1-2-4-6-5-3-1;/h1-5H;/q;+4/p+1. The van der Waals surface area contributed by atoms with Crippen LogP contribution in [0.5, 0.6) is 0 Å². The Bertz CT molecular complexity index is 80.0. The van der Waals surface area contributed by atoms with E-state index in [1.54, 1.807) is 0 Å². The molecule has 2 heteroatoms. The molecule has 0 saturated carbocycles. The first-order valence-electron chi connectivity index (χ1n) is 1.91. The summed E-state index contributed by atoms with van der Waals surface area (Å²) in [5, 5.41) is 0. The van der Waals surface area contributed by atoms with E-state index < -0.39 is 0 Å². The van der Waals surface area contributed by atoms with Gasteiger partial charge >= 0.3 is 25.8 Å². The smallest absolute Gasteiger partial charge is 0.218 e. The van der Waals surface area contributed by atoms with Gasteiger partial charge in [0, 0.05) is 12.1 Å². The molecule has 1 heterocycles. The number of hydrogen-bond acceptors (Lipinski definition) is 0. The monoisotopic (exact) mass is 260 g/mol.